The monoisotopic (exact) mass is 371 g/mol. The van der Waals surface area contributed by atoms with E-state index in [-0.39, 0.29) is 12.0 Å². The van der Waals surface area contributed by atoms with E-state index in [9.17, 15) is 14.7 Å². The van der Waals surface area contributed by atoms with Crippen LogP contribution in [0.2, 0.25) is 0 Å². The van der Waals surface area contributed by atoms with Crippen LogP contribution in [0.15, 0.2) is 59.5 Å². The molecule has 26 heavy (non-hydrogen) atoms. The highest BCUT2D eigenvalue weighted by Gasteiger charge is 2.40. The maximum absolute atomic E-state index is 12.7. The van der Waals surface area contributed by atoms with Crippen molar-refractivity contribution in [2.45, 2.75) is 29.2 Å². The third-order valence-corrected chi connectivity index (χ3v) is 5.57. The molecule has 0 saturated carbocycles. The fourth-order valence-corrected chi connectivity index (χ4v) is 3.88. The van der Waals surface area contributed by atoms with Gasteiger partial charge in [-0.2, -0.15) is 0 Å². The Morgan fingerprint density at radius 3 is 2.46 bits per heavy atom. The Morgan fingerprint density at radius 2 is 1.85 bits per heavy atom. The molecular weight excluding hydrogens is 350 g/mol. The number of nitrogens with zero attached hydrogens (tertiary/aromatic N) is 1. The van der Waals surface area contributed by atoms with Gasteiger partial charge in [0, 0.05) is 36.3 Å². The van der Waals surface area contributed by atoms with Gasteiger partial charge >= 0.3 is 5.97 Å². The number of carbonyl (C=O) groups excluding carboxylic acids is 1. The normalized spacial score (nSPS) is 19.5. The first-order valence-electron chi connectivity index (χ1n) is 8.42. The number of hydrogen-bond donors (Lipinski definition) is 1. The smallest absolute Gasteiger partial charge is 0.326 e. The van der Waals surface area contributed by atoms with Gasteiger partial charge in [-0.3, -0.25) is 4.79 Å². The predicted octanol–water partition coefficient (Wildman–Crippen LogP) is 3.29. The Bertz CT molecular complexity index is 763. The van der Waals surface area contributed by atoms with Crippen LogP contribution >= 0.6 is 11.8 Å². The fraction of sp³-hybridized carbons (Fsp3) is 0.300. The van der Waals surface area contributed by atoms with E-state index in [0.717, 1.165) is 10.6 Å². The van der Waals surface area contributed by atoms with Crippen molar-refractivity contribution in [3.05, 3.63) is 65.7 Å². The second kappa shape index (κ2) is 8.38. The molecule has 3 rings (SSSR count). The van der Waals surface area contributed by atoms with Crippen LogP contribution in [0, 0.1) is 0 Å². The summed E-state index contributed by atoms with van der Waals surface area (Å²) in [7, 11) is 1.54. The lowest BCUT2D eigenvalue weighted by Gasteiger charge is -2.21. The van der Waals surface area contributed by atoms with Crippen LogP contribution in [0.5, 0.6) is 0 Å². The topological polar surface area (TPSA) is 66.8 Å². The number of carboxylic acids is 1. The molecule has 1 fully saturated rings. The van der Waals surface area contributed by atoms with Crippen LogP contribution in [-0.4, -0.2) is 47.7 Å². The summed E-state index contributed by atoms with van der Waals surface area (Å²) in [6.07, 6.45) is 0.0866. The number of amides is 1. The van der Waals surface area contributed by atoms with Crippen LogP contribution in [0.3, 0.4) is 0 Å². The molecule has 1 heterocycles. The van der Waals surface area contributed by atoms with Crippen molar-refractivity contribution >= 4 is 23.6 Å². The average Bonchev–Trinajstić information content (AvgIpc) is 3.12. The highest BCUT2D eigenvalue weighted by molar-refractivity contribution is 7.98. The van der Waals surface area contributed by atoms with Crippen molar-refractivity contribution in [3.8, 4) is 0 Å². The Hall–Kier alpha value is -2.31. The van der Waals surface area contributed by atoms with E-state index in [1.54, 1.807) is 23.9 Å². The van der Waals surface area contributed by atoms with Gasteiger partial charge in [0.1, 0.15) is 6.04 Å². The third kappa shape index (κ3) is 4.26. The number of aliphatic carboxylic acids is 1. The molecule has 0 aliphatic carbocycles. The highest BCUT2D eigenvalue weighted by Crippen LogP contribution is 2.26. The summed E-state index contributed by atoms with van der Waals surface area (Å²) in [6, 6.07) is 16.7. The Balaban J connectivity index is 1.65. The zero-order valence-corrected chi connectivity index (χ0v) is 15.3. The first kappa shape index (κ1) is 18.5. The quantitative estimate of drug-likeness (QED) is 0.789. The number of likely N-dealkylation sites (tertiary alicyclic amines) is 1. The average molecular weight is 371 g/mol. The van der Waals surface area contributed by atoms with E-state index >= 15 is 0 Å². The van der Waals surface area contributed by atoms with Gasteiger partial charge in [0.15, 0.2) is 0 Å². The lowest BCUT2D eigenvalue weighted by Crippen LogP contribution is -2.40. The SMILES string of the molecule is COC1CC(C(=O)O)N(C(=O)c2ccc(SCc3ccccc3)cc2)C1. The van der Waals surface area contributed by atoms with Gasteiger partial charge in [-0.1, -0.05) is 30.3 Å². The van der Waals surface area contributed by atoms with E-state index in [0.29, 0.717) is 18.5 Å². The molecule has 2 unspecified atom stereocenters. The third-order valence-electron chi connectivity index (χ3n) is 4.49. The molecule has 6 heteroatoms. The lowest BCUT2D eigenvalue weighted by atomic mass is 10.1. The molecule has 2 atom stereocenters. The molecule has 1 aliphatic heterocycles. The minimum atomic E-state index is -0.993. The molecule has 0 aromatic heterocycles. The first-order valence-corrected chi connectivity index (χ1v) is 9.40. The van der Waals surface area contributed by atoms with Gasteiger partial charge in [0.2, 0.25) is 0 Å². The van der Waals surface area contributed by atoms with Gasteiger partial charge in [-0.05, 0) is 29.8 Å². The van der Waals surface area contributed by atoms with E-state index < -0.39 is 12.0 Å². The Kier molecular flexibility index (Phi) is 5.96. The predicted molar refractivity (Wildman–Crippen MR) is 100 cm³/mol. The number of ether oxygens (including phenoxy) is 1. The maximum Gasteiger partial charge on any atom is 0.326 e. The summed E-state index contributed by atoms with van der Waals surface area (Å²) in [4.78, 5) is 26.6. The largest absolute Gasteiger partial charge is 0.480 e. The number of thioether (sulfide) groups is 1. The van der Waals surface area contributed by atoms with Crippen LogP contribution in [-0.2, 0) is 15.3 Å². The molecule has 2 aromatic rings. The minimum absolute atomic E-state index is 0.235. The van der Waals surface area contributed by atoms with Gasteiger partial charge < -0.3 is 14.7 Å². The zero-order chi connectivity index (χ0) is 18.5. The second-order valence-corrected chi connectivity index (χ2v) is 7.25. The van der Waals surface area contributed by atoms with Gasteiger partial charge in [-0.15, -0.1) is 11.8 Å². The first-order chi connectivity index (χ1) is 12.6. The van der Waals surface area contributed by atoms with Gasteiger partial charge in [0.05, 0.1) is 6.10 Å². The van der Waals surface area contributed by atoms with Crippen molar-refractivity contribution in [3.63, 3.8) is 0 Å². The van der Waals surface area contributed by atoms with E-state index in [4.69, 9.17) is 4.74 Å². The summed E-state index contributed by atoms with van der Waals surface area (Å²) in [6.45, 7) is 0.302. The maximum atomic E-state index is 12.7. The number of carbonyl (C=O) groups is 2. The van der Waals surface area contributed by atoms with E-state index in [2.05, 4.69) is 12.1 Å². The second-order valence-electron chi connectivity index (χ2n) is 6.20. The molecule has 2 aromatic carbocycles. The Labute approximate surface area is 157 Å². The van der Waals surface area contributed by atoms with Crippen LogP contribution in [0.4, 0.5) is 0 Å². The van der Waals surface area contributed by atoms with Crippen molar-refractivity contribution in [1.82, 2.24) is 4.90 Å². The standard InChI is InChI=1S/C20H21NO4S/c1-25-16-11-18(20(23)24)21(12-16)19(22)15-7-9-17(10-8-15)26-13-14-5-3-2-4-6-14/h2-10,16,18H,11-13H2,1H3,(H,23,24). The molecule has 0 radical (unpaired) electrons. The van der Waals surface area contributed by atoms with Gasteiger partial charge in [0.25, 0.3) is 5.91 Å². The lowest BCUT2D eigenvalue weighted by molar-refractivity contribution is -0.141. The Morgan fingerprint density at radius 1 is 1.15 bits per heavy atom. The van der Waals surface area contributed by atoms with Crippen molar-refractivity contribution in [2.24, 2.45) is 0 Å². The summed E-state index contributed by atoms with van der Waals surface area (Å²) in [5, 5.41) is 9.36. The number of carboxylic acid groups (broad SMARTS) is 1. The molecule has 1 amide bonds. The summed E-state index contributed by atoms with van der Waals surface area (Å²) in [5.74, 6) is -0.402. The zero-order valence-electron chi connectivity index (χ0n) is 14.5. The van der Waals surface area contributed by atoms with Crippen LogP contribution < -0.4 is 0 Å². The summed E-state index contributed by atoms with van der Waals surface area (Å²) < 4.78 is 5.24. The molecule has 1 saturated heterocycles. The molecule has 136 valence electrons. The number of rotatable bonds is 6. The molecular formula is C20H21NO4S. The van der Waals surface area contributed by atoms with Crippen molar-refractivity contribution < 1.29 is 19.4 Å². The fourth-order valence-electron chi connectivity index (χ4n) is 3.03. The highest BCUT2D eigenvalue weighted by atomic mass is 32.2. The number of benzene rings is 2. The minimum Gasteiger partial charge on any atom is -0.480 e. The molecule has 1 aliphatic rings. The van der Waals surface area contributed by atoms with Gasteiger partial charge in [-0.25, -0.2) is 4.79 Å². The van der Waals surface area contributed by atoms with Crippen LogP contribution in [0.25, 0.3) is 0 Å². The molecule has 1 N–H and O–H groups in total. The number of methoxy groups -OCH3 is 1. The summed E-state index contributed by atoms with van der Waals surface area (Å²) in [5.41, 5.74) is 1.74. The van der Waals surface area contributed by atoms with E-state index in [1.807, 2.05) is 30.3 Å². The van der Waals surface area contributed by atoms with Crippen molar-refractivity contribution in [2.75, 3.05) is 13.7 Å². The summed E-state index contributed by atoms with van der Waals surface area (Å²) >= 11 is 1.70. The molecule has 5 nitrogen and oxygen atoms in total. The van der Waals surface area contributed by atoms with E-state index in [1.165, 1.54) is 17.6 Å². The van der Waals surface area contributed by atoms with Crippen molar-refractivity contribution in [1.29, 1.82) is 0 Å². The molecule has 0 bridgehead atoms. The number of hydrogen-bond acceptors (Lipinski definition) is 4. The molecule has 0 spiro atoms. The van der Waals surface area contributed by atoms with Crippen LogP contribution in [0.1, 0.15) is 22.3 Å².